The fraction of sp³-hybridized carbons (Fsp3) is 0.632. The zero-order valence-corrected chi connectivity index (χ0v) is 14.5. The lowest BCUT2D eigenvalue weighted by molar-refractivity contribution is 0.0722. The highest BCUT2D eigenvalue weighted by atomic mass is 16.2. The highest BCUT2D eigenvalue weighted by Gasteiger charge is 2.33. The number of carbonyl (C=O) groups excluding carboxylic acids is 1. The van der Waals surface area contributed by atoms with Crippen molar-refractivity contribution < 1.29 is 4.79 Å². The first kappa shape index (κ1) is 16.9. The molecule has 0 atom stereocenters. The van der Waals surface area contributed by atoms with Crippen molar-refractivity contribution in [2.45, 2.75) is 52.5 Å². The Bertz CT molecular complexity index is 477. The van der Waals surface area contributed by atoms with Crippen LogP contribution in [-0.4, -0.2) is 37.0 Å². The Hall–Kier alpha value is -1.51. The molecule has 122 valence electrons. The number of nitrogens with zero attached hydrogens (tertiary/aromatic N) is 2. The van der Waals surface area contributed by atoms with Gasteiger partial charge in [-0.2, -0.15) is 0 Å². The van der Waals surface area contributed by atoms with E-state index in [0.29, 0.717) is 12.0 Å². The fourth-order valence-corrected chi connectivity index (χ4v) is 2.73. The van der Waals surface area contributed by atoms with Crippen molar-refractivity contribution in [1.29, 1.82) is 0 Å². The minimum atomic E-state index is 0.193. The van der Waals surface area contributed by atoms with Gasteiger partial charge in [0.25, 0.3) is 5.91 Å². The van der Waals surface area contributed by atoms with Gasteiger partial charge < -0.3 is 9.80 Å². The molecule has 0 aliphatic heterocycles. The third kappa shape index (κ3) is 4.49. The summed E-state index contributed by atoms with van der Waals surface area (Å²) in [4.78, 5) is 17.1. The number of unbranched alkanes of at least 4 members (excludes halogenated alkanes) is 1. The van der Waals surface area contributed by atoms with Crippen LogP contribution < -0.4 is 4.90 Å². The van der Waals surface area contributed by atoms with Gasteiger partial charge in [0, 0.05) is 37.4 Å². The van der Waals surface area contributed by atoms with E-state index in [4.69, 9.17) is 0 Å². The average Bonchev–Trinajstić information content (AvgIpc) is 3.34. The van der Waals surface area contributed by atoms with Crippen molar-refractivity contribution in [2.24, 2.45) is 5.92 Å². The largest absolute Gasteiger partial charge is 0.375 e. The number of anilines is 1. The van der Waals surface area contributed by atoms with E-state index in [2.05, 4.69) is 49.8 Å². The predicted molar refractivity (Wildman–Crippen MR) is 93.5 cm³/mol. The molecule has 1 aromatic rings. The van der Waals surface area contributed by atoms with Crippen LogP contribution in [-0.2, 0) is 0 Å². The van der Waals surface area contributed by atoms with E-state index in [0.717, 1.165) is 31.5 Å². The molecule has 0 unspecified atom stereocenters. The molecule has 2 rings (SSSR count). The van der Waals surface area contributed by atoms with Crippen molar-refractivity contribution >= 4 is 11.6 Å². The molecule has 0 radical (unpaired) electrons. The molecule has 0 N–H and O–H groups in total. The zero-order chi connectivity index (χ0) is 16.1. The topological polar surface area (TPSA) is 23.6 Å². The van der Waals surface area contributed by atoms with Gasteiger partial charge in [-0.25, -0.2) is 0 Å². The molecule has 3 heteroatoms. The Morgan fingerprint density at radius 1 is 1.23 bits per heavy atom. The normalized spacial score (nSPS) is 14.2. The van der Waals surface area contributed by atoms with Crippen LogP contribution in [0.5, 0.6) is 0 Å². The molecule has 1 saturated carbocycles. The van der Waals surface area contributed by atoms with E-state index >= 15 is 0 Å². The lowest BCUT2D eigenvalue weighted by Gasteiger charge is -2.25. The van der Waals surface area contributed by atoms with Crippen LogP contribution in [0.25, 0.3) is 0 Å². The average molecular weight is 302 g/mol. The Morgan fingerprint density at radius 3 is 2.36 bits per heavy atom. The van der Waals surface area contributed by atoms with Crippen LogP contribution in [0.15, 0.2) is 24.3 Å². The second kappa shape index (κ2) is 7.66. The third-order valence-corrected chi connectivity index (χ3v) is 4.21. The quantitative estimate of drug-likeness (QED) is 0.719. The number of carbonyl (C=O) groups is 1. The monoisotopic (exact) mass is 302 g/mol. The Kier molecular flexibility index (Phi) is 5.87. The van der Waals surface area contributed by atoms with Crippen molar-refractivity contribution in [3.8, 4) is 0 Å². The van der Waals surface area contributed by atoms with E-state index in [-0.39, 0.29) is 5.91 Å². The first-order chi connectivity index (χ1) is 10.5. The van der Waals surface area contributed by atoms with Gasteiger partial charge in [-0.15, -0.1) is 0 Å². The van der Waals surface area contributed by atoms with Gasteiger partial charge >= 0.3 is 0 Å². The molecule has 0 heterocycles. The van der Waals surface area contributed by atoms with Gasteiger partial charge in [0.1, 0.15) is 0 Å². The molecule has 0 spiro atoms. The molecule has 0 saturated heterocycles. The summed E-state index contributed by atoms with van der Waals surface area (Å²) in [5, 5.41) is 0. The van der Waals surface area contributed by atoms with E-state index in [1.54, 1.807) is 0 Å². The van der Waals surface area contributed by atoms with Crippen molar-refractivity contribution in [2.75, 3.05) is 25.0 Å². The first-order valence-electron chi connectivity index (χ1n) is 8.65. The summed E-state index contributed by atoms with van der Waals surface area (Å²) in [5.41, 5.74) is 2.01. The molecule has 1 aliphatic carbocycles. The van der Waals surface area contributed by atoms with Gasteiger partial charge in [-0.05, 0) is 49.4 Å². The second-order valence-corrected chi connectivity index (χ2v) is 6.90. The molecule has 0 aromatic heterocycles. The van der Waals surface area contributed by atoms with Gasteiger partial charge in [0.15, 0.2) is 0 Å². The number of rotatable bonds is 8. The van der Waals surface area contributed by atoms with Crippen LogP contribution in [0, 0.1) is 5.92 Å². The van der Waals surface area contributed by atoms with Crippen LogP contribution in [0.4, 0.5) is 5.69 Å². The van der Waals surface area contributed by atoms with Crippen molar-refractivity contribution in [3.05, 3.63) is 29.8 Å². The van der Waals surface area contributed by atoms with Crippen molar-refractivity contribution in [1.82, 2.24) is 4.90 Å². The lowest BCUT2D eigenvalue weighted by Crippen LogP contribution is -2.36. The number of amides is 1. The number of hydrogen-bond acceptors (Lipinski definition) is 2. The molecule has 1 aliphatic rings. The van der Waals surface area contributed by atoms with Gasteiger partial charge in [0.2, 0.25) is 0 Å². The van der Waals surface area contributed by atoms with E-state index in [9.17, 15) is 4.79 Å². The van der Waals surface area contributed by atoms with Crippen LogP contribution >= 0.6 is 0 Å². The Morgan fingerprint density at radius 2 is 1.86 bits per heavy atom. The minimum absolute atomic E-state index is 0.193. The highest BCUT2D eigenvalue weighted by molar-refractivity contribution is 5.95. The molecule has 1 aromatic carbocycles. The molecular weight excluding hydrogens is 272 g/mol. The molecular formula is C19H30N2O. The maximum absolute atomic E-state index is 12.7. The summed E-state index contributed by atoms with van der Waals surface area (Å²) in [6.07, 6.45) is 4.72. The predicted octanol–water partition coefficient (Wildman–Crippen LogP) is 4.18. The van der Waals surface area contributed by atoms with Gasteiger partial charge in [-0.1, -0.05) is 27.2 Å². The first-order valence-corrected chi connectivity index (χ1v) is 8.65. The highest BCUT2D eigenvalue weighted by Crippen LogP contribution is 2.29. The minimum Gasteiger partial charge on any atom is -0.375 e. The summed E-state index contributed by atoms with van der Waals surface area (Å²) in [6, 6.07) is 8.58. The second-order valence-electron chi connectivity index (χ2n) is 6.90. The SMILES string of the molecule is CCCCN(C)c1ccc(C(=O)N(CC(C)C)C2CC2)cc1. The number of benzene rings is 1. The summed E-state index contributed by atoms with van der Waals surface area (Å²) in [5.74, 6) is 0.711. The van der Waals surface area contributed by atoms with E-state index in [1.165, 1.54) is 18.5 Å². The fourth-order valence-electron chi connectivity index (χ4n) is 2.73. The summed E-state index contributed by atoms with van der Waals surface area (Å²) < 4.78 is 0. The molecule has 0 bridgehead atoms. The maximum Gasteiger partial charge on any atom is 0.254 e. The Balaban J connectivity index is 2.03. The summed E-state index contributed by atoms with van der Waals surface area (Å²) in [6.45, 7) is 8.48. The van der Waals surface area contributed by atoms with Crippen molar-refractivity contribution in [3.63, 3.8) is 0 Å². The number of hydrogen-bond donors (Lipinski definition) is 0. The standard InChI is InChI=1S/C19H30N2O/c1-5-6-13-20(4)17-9-7-16(8-10-17)19(22)21(14-15(2)3)18-11-12-18/h7-10,15,18H,5-6,11-14H2,1-4H3. The van der Waals surface area contributed by atoms with Crippen LogP contribution in [0.1, 0.15) is 56.8 Å². The molecule has 1 amide bonds. The van der Waals surface area contributed by atoms with Crippen LogP contribution in [0.2, 0.25) is 0 Å². The third-order valence-electron chi connectivity index (χ3n) is 4.21. The lowest BCUT2D eigenvalue weighted by atomic mass is 10.1. The van der Waals surface area contributed by atoms with Gasteiger partial charge in [0.05, 0.1) is 0 Å². The van der Waals surface area contributed by atoms with Crippen LogP contribution in [0.3, 0.4) is 0 Å². The van der Waals surface area contributed by atoms with E-state index in [1.807, 2.05) is 12.1 Å². The van der Waals surface area contributed by atoms with E-state index < -0.39 is 0 Å². The Labute approximate surface area is 135 Å². The van der Waals surface area contributed by atoms with Gasteiger partial charge in [-0.3, -0.25) is 4.79 Å². The smallest absolute Gasteiger partial charge is 0.254 e. The summed E-state index contributed by atoms with van der Waals surface area (Å²) in [7, 11) is 2.11. The summed E-state index contributed by atoms with van der Waals surface area (Å²) >= 11 is 0. The molecule has 3 nitrogen and oxygen atoms in total. The maximum atomic E-state index is 12.7. The molecule has 22 heavy (non-hydrogen) atoms. The zero-order valence-electron chi connectivity index (χ0n) is 14.5. The molecule has 1 fully saturated rings.